The summed E-state index contributed by atoms with van der Waals surface area (Å²) < 4.78 is 0. The van der Waals surface area contributed by atoms with E-state index in [9.17, 15) is 4.79 Å². The second-order valence-corrected chi connectivity index (χ2v) is 5.93. The molecule has 1 saturated carbocycles. The van der Waals surface area contributed by atoms with Gasteiger partial charge in [-0.05, 0) is 43.9 Å². The van der Waals surface area contributed by atoms with Crippen molar-refractivity contribution < 1.29 is 9.90 Å². The van der Waals surface area contributed by atoms with Gasteiger partial charge in [0.15, 0.2) is 0 Å². The van der Waals surface area contributed by atoms with E-state index in [1.54, 1.807) is 0 Å². The van der Waals surface area contributed by atoms with Crippen molar-refractivity contribution in [3.05, 3.63) is 0 Å². The predicted octanol–water partition coefficient (Wildman–Crippen LogP) is 2.61. The molecule has 2 rings (SSSR count). The molecule has 1 N–H and O–H groups in total. The van der Waals surface area contributed by atoms with Crippen molar-refractivity contribution in [2.75, 3.05) is 19.6 Å². The number of aliphatic carboxylic acids is 1. The molecule has 1 aliphatic heterocycles. The van der Waals surface area contributed by atoms with Gasteiger partial charge in [0, 0.05) is 19.6 Å². The van der Waals surface area contributed by atoms with E-state index in [0.717, 1.165) is 37.5 Å². The second-order valence-electron chi connectivity index (χ2n) is 5.93. The van der Waals surface area contributed by atoms with Crippen LogP contribution in [0.5, 0.6) is 0 Å². The molecule has 2 aliphatic rings. The van der Waals surface area contributed by atoms with Gasteiger partial charge in [0.2, 0.25) is 0 Å². The Hall–Kier alpha value is -0.570. The number of nitrogens with zero attached hydrogens (tertiary/aromatic N) is 1. The van der Waals surface area contributed by atoms with E-state index in [-0.39, 0.29) is 5.92 Å². The van der Waals surface area contributed by atoms with E-state index in [1.807, 2.05) is 0 Å². The molecule has 0 amide bonds. The number of carboxylic acids is 1. The number of carbonyl (C=O) groups is 1. The van der Waals surface area contributed by atoms with Gasteiger partial charge in [0.1, 0.15) is 0 Å². The molecule has 0 radical (unpaired) electrons. The molecular formula is C14H25NO2. The van der Waals surface area contributed by atoms with Crippen LogP contribution in [0.15, 0.2) is 0 Å². The molecule has 0 aromatic carbocycles. The third-order valence-electron chi connectivity index (χ3n) is 4.44. The zero-order valence-corrected chi connectivity index (χ0v) is 10.9. The lowest BCUT2D eigenvalue weighted by Crippen LogP contribution is -2.48. The van der Waals surface area contributed by atoms with E-state index in [4.69, 9.17) is 5.11 Å². The van der Waals surface area contributed by atoms with Crippen molar-refractivity contribution in [3.8, 4) is 0 Å². The summed E-state index contributed by atoms with van der Waals surface area (Å²) in [6.07, 6.45) is 6.71. The van der Waals surface area contributed by atoms with Gasteiger partial charge in [-0.2, -0.15) is 0 Å². The maximum Gasteiger partial charge on any atom is 0.306 e. The molecule has 98 valence electrons. The zero-order valence-electron chi connectivity index (χ0n) is 10.9. The second kappa shape index (κ2) is 5.85. The Balaban J connectivity index is 1.61. The van der Waals surface area contributed by atoms with Gasteiger partial charge < -0.3 is 10.0 Å². The van der Waals surface area contributed by atoms with E-state index in [0.29, 0.717) is 0 Å². The number of carboxylic acid groups (broad SMARTS) is 1. The summed E-state index contributed by atoms with van der Waals surface area (Å²) in [5, 5.41) is 8.95. The van der Waals surface area contributed by atoms with Crippen molar-refractivity contribution in [2.45, 2.75) is 45.4 Å². The van der Waals surface area contributed by atoms with Crippen LogP contribution in [-0.2, 0) is 4.79 Å². The van der Waals surface area contributed by atoms with Gasteiger partial charge >= 0.3 is 5.97 Å². The van der Waals surface area contributed by atoms with Gasteiger partial charge in [0.05, 0.1) is 5.92 Å². The van der Waals surface area contributed by atoms with Crippen LogP contribution in [0, 0.1) is 17.8 Å². The van der Waals surface area contributed by atoms with Crippen LogP contribution in [0.3, 0.4) is 0 Å². The fraction of sp³-hybridized carbons (Fsp3) is 0.929. The lowest BCUT2D eigenvalue weighted by atomic mass is 9.81. The maximum absolute atomic E-state index is 10.9. The first kappa shape index (κ1) is 12.9. The summed E-state index contributed by atoms with van der Waals surface area (Å²) >= 11 is 0. The van der Waals surface area contributed by atoms with Gasteiger partial charge in [-0.15, -0.1) is 0 Å². The first-order chi connectivity index (χ1) is 8.19. The molecule has 1 aliphatic carbocycles. The van der Waals surface area contributed by atoms with Gasteiger partial charge in [-0.1, -0.05) is 13.3 Å². The predicted molar refractivity (Wildman–Crippen MR) is 67.9 cm³/mol. The van der Waals surface area contributed by atoms with E-state index in [1.165, 1.54) is 32.5 Å². The summed E-state index contributed by atoms with van der Waals surface area (Å²) in [4.78, 5) is 13.4. The minimum absolute atomic E-state index is 0.0597. The SMILES string of the molecule is CCCC1CN(CC2CCC(C(=O)O)CC2)C1. The van der Waals surface area contributed by atoms with Crippen molar-refractivity contribution in [1.82, 2.24) is 4.90 Å². The van der Waals surface area contributed by atoms with Crippen LogP contribution in [0.25, 0.3) is 0 Å². The molecule has 0 spiro atoms. The van der Waals surface area contributed by atoms with E-state index >= 15 is 0 Å². The fourth-order valence-electron chi connectivity index (χ4n) is 3.37. The Morgan fingerprint density at radius 3 is 2.35 bits per heavy atom. The van der Waals surface area contributed by atoms with Gasteiger partial charge in [0.25, 0.3) is 0 Å². The Labute approximate surface area is 104 Å². The third-order valence-corrected chi connectivity index (χ3v) is 4.44. The normalized spacial score (nSPS) is 31.1. The highest BCUT2D eigenvalue weighted by molar-refractivity contribution is 5.69. The number of likely N-dealkylation sites (tertiary alicyclic amines) is 1. The fourth-order valence-corrected chi connectivity index (χ4v) is 3.37. The summed E-state index contributed by atoms with van der Waals surface area (Å²) in [7, 11) is 0. The Kier molecular flexibility index (Phi) is 4.43. The van der Waals surface area contributed by atoms with Gasteiger partial charge in [-0.3, -0.25) is 4.79 Å². The van der Waals surface area contributed by atoms with Crippen LogP contribution in [0.2, 0.25) is 0 Å². The maximum atomic E-state index is 10.9. The van der Waals surface area contributed by atoms with E-state index < -0.39 is 5.97 Å². The number of rotatable bonds is 5. The molecule has 0 aromatic rings. The first-order valence-corrected chi connectivity index (χ1v) is 7.14. The monoisotopic (exact) mass is 239 g/mol. The smallest absolute Gasteiger partial charge is 0.306 e. The van der Waals surface area contributed by atoms with E-state index in [2.05, 4.69) is 11.8 Å². The summed E-state index contributed by atoms with van der Waals surface area (Å²) in [5.41, 5.74) is 0. The summed E-state index contributed by atoms with van der Waals surface area (Å²) in [6.45, 7) is 6.04. The third kappa shape index (κ3) is 3.44. The summed E-state index contributed by atoms with van der Waals surface area (Å²) in [6, 6.07) is 0. The van der Waals surface area contributed by atoms with Crippen molar-refractivity contribution >= 4 is 5.97 Å². The van der Waals surface area contributed by atoms with Crippen LogP contribution < -0.4 is 0 Å². The van der Waals surface area contributed by atoms with Crippen molar-refractivity contribution in [2.24, 2.45) is 17.8 Å². The highest BCUT2D eigenvalue weighted by Crippen LogP contribution is 2.31. The number of hydrogen-bond donors (Lipinski definition) is 1. The highest BCUT2D eigenvalue weighted by atomic mass is 16.4. The average molecular weight is 239 g/mol. The van der Waals surface area contributed by atoms with Crippen molar-refractivity contribution in [3.63, 3.8) is 0 Å². The standard InChI is InChI=1S/C14H25NO2/c1-2-3-12-9-15(10-12)8-11-4-6-13(7-5-11)14(16)17/h11-13H,2-10H2,1H3,(H,16,17). The molecule has 3 heteroatoms. The topological polar surface area (TPSA) is 40.5 Å². The quantitative estimate of drug-likeness (QED) is 0.801. The van der Waals surface area contributed by atoms with Crippen LogP contribution in [0.4, 0.5) is 0 Å². The lowest BCUT2D eigenvalue weighted by Gasteiger charge is -2.42. The molecule has 1 heterocycles. The first-order valence-electron chi connectivity index (χ1n) is 7.14. The molecule has 17 heavy (non-hydrogen) atoms. The zero-order chi connectivity index (χ0) is 12.3. The molecule has 0 aromatic heterocycles. The Morgan fingerprint density at radius 2 is 1.82 bits per heavy atom. The molecule has 0 unspecified atom stereocenters. The molecule has 0 bridgehead atoms. The largest absolute Gasteiger partial charge is 0.481 e. The van der Waals surface area contributed by atoms with Gasteiger partial charge in [-0.25, -0.2) is 0 Å². The molecule has 2 fully saturated rings. The van der Waals surface area contributed by atoms with Crippen LogP contribution in [0.1, 0.15) is 45.4 Å². The molecule has 3 nitrogen and oxygen atoms in total. The minimum Gasteiger partial charge on any atom is -0.481 e. The molecule has 0 atom stereocenters. The average Bonchev–Trinajstić information content (AvgIpc) is 2.27. The van der Waals surface area contributed by atoms with Crippen molar-refractivity contribution in [1.29, 1.82) is 0 Å². The lowest BCUT2D eigenvalue weighted by molar-refractivity contribution is -0.143. The van der Waals surface area contributed by atoms with Crippen LogP contribution in [-0.4, -0.2) is 35.6 Å². The number of hydrogen-bond acceptors (Lipinski definition) is 2. The highest BCUT2D eigenvalue weighted by Gasteiger charge is 2.31. The Morgan fingerprint density at radius 1 is 1.18 bits per heavy atom. The minimum atomic E-state index is -0.588. The van der Waals surface area contributed by atoms with Crippen LogP contribution >= 0.6 is 0 Å². The molecular weight excluding hydrogens is 214 g/mol. The Bertz CT molecular complexity index is 253. The summed E-state index contributed by atoms with van der Waals surface area (Å²) in [5.74, 6) is 1.05. The molecule has 1 saturated heterocycles.